The van der Waals surface area contributed by atoms with Gasteiger partial charge in [0.25, 0.3) is 0 Å². The number of rotatable bonds is 2. The van der Waals surface area contributed by atoms with Gasteiger partial charge in [-0.3, -0.25) is 0 Å². The minimum absolute atomic E-state index is 0.335. The van der Waals surface area contributed by atoms with Gasteiger partial charge in [0.2, 0.25) is 0 Å². The maximum Gasteiger partial charge on any atom is 0.0357 e. The van der Waals surface area contributed by atoms with Gasteiger partial charge in [-0.05, 0) is 129 Å². The highest BCUT2D eigenvalue weighted by atomic mass is 14.4. The van der Waals surface area contributed by atoms with Gasteiger partial charge in [-0.25, -0.2) is 0 Å². The first-order chi connectivity index (χ1) is 20.8. The average Bonchev–Trinajstić information content (AvgIpc) is 2.98. The number of hydrogen-bond acceptors (Lipinski definition) is 0. The molecule has 0 aromatic heterocycles. The minimum atomic E-state index is 0.335. The minimum Gasteiger partial charge on any atom is -0.0688 e. The summed E-state index contributed by atoms with van der Waals surface area (Å²) in [7, 11) is 0. The van der Waals surface area contributed by atoms with Crippen LogP contribution >= 0.6 is 0 Å². The fraction of sp³-hybridized carbons (Fsp3) is 0.209. The predicted molar refractivity (Wildman–Crippen MR) is 181 cm³/mol. The second-order valence-corrected chi connectivity index (χ2v) is 13.7. The van der Waals surface area contributed by atoms with E-state index in [0.717, 1.165) is 6.42 Å². The van der Waals surface area contributed by atoms with Gasteiger partial charge in [-0.15, -0.1) is 0 Å². The first kappa shape index (κ1) is 25.1. The Kier molecular flexibility index (Phi) is 5.14. The van der Waals surface area contributed by atoms with E-state index in [-0.39, 0.29) is 0 Å². The Morgan fingerprint density at radius 1 is 0.628 bits per heavy atom. The Balaban J connectivity index is 1.18. The second-order valence-electron chi connectivity index (χ2n) is 13.7. The van der Waals surface area contributed by atoms with Crippen LogP contribution in [0.4, 0.5) is 0 Å². The van der Waals surface area contributed by atoms with Crippen molar-refractivity contribution in [2.75, 3.05) is 0 Å². The molecule has 0 saturated heterocycles. The molecular weight excluding hydrogens is 516 g/mol. The molecule has 43 heavy (non-hydrogen) atoms. The molecule has 0 amide bonds. The average molecular weight is 553 g/mol. The van der Waals surface area contributed by atoms with E-state index < -0.39 is 0 Å². The Hall–Kier alpha value is -4.42. The molecule has 3 unspecified atom stereocenters. The van der Waals surface area contributed by atoms with Crippen LogP contribution in [-0.4, -0.2) is 0 Å². The maximum atomic E-state index is 2.51. The summed E-state index contributed by atoms with van der Waals surface area (Å²) in [4.78, 5) is 0. The third-order valence-corrected chi connectivity index (χ3v) is 10.6. The number of aryl methyl sites for hydroxylation is 1. The normalized spacial score (nSPS) is 27.7. The molecule has 3 atom stereocenters. The monoisotopic (exact) mass is 552 g/mol. The molecule has 0 N–H and O–H groups in total. The van der Waals surface area contributed by atoms with Gasteiger partial charge in [-0.2, -0.15) is 0 Å². The van der Waals surface area contributed by atoms with Crippen molar-refractivity contribution in [1.29, 1.82) is 0 Å². The Morgan fingerprint density at radius 3 is 2.28 bits per heavy atom. The largest absolute Gasteiger partial charge is 0.0688 e. The highest BCUT2D eigenvalue weighted by Crippen LogP contribution is 2.55. The van der Waals surface area contributed by atoms with Crippen LogP contribution < -0.4 is 0 Å². The summed E-state index contributed by atoms with van der Waals surface area (Å²) in [6.07, 6.45) is 32.2. The topological polar surface area (TPSA) is 0 Å². The van der Waals surface area contributed by atoms with Crippen LogP contribution in [0.1, 0.15) is 50.8 Å². The van der Waals surface area contributed by atoms with Crippen LogP contribution in [0.3, 0.4) is 0 Å². The summed E-state index contributed by atoms with van der Waals surface area (Å²) in [5.41, 5.74) is 25.5. The van der Waals surface area contributed by atoms with Crippen molar-refractivity contribution >= 4 is 11.1 Å². The Labute approximate surface area is 255 Å². The first-order valence-electron chi connectivity index (χ1n) is 15.9. The lowest BCUT2D eigenvalue weighted by atomic mass is 9.63. The summed E-state index contributed by atoms with van der Waals surface area (Å²) in [5.74, 6) is 1.07. The molecule has 9 rings (SSSR count). The number of allylic oxidation sites excluding steroid dienone is 28. The maximum absolute atomic E-state index is 2.51. The van der Waals surface area contributed by atoms with E-state index in [4.69, 9.17) is 0 Å². The van der Waals surface area contributed by atoms with Crippen molar-refractivity contribution in [3.63, 3.8) is 0 Å². The van der Waals surface area contributed by atoms with Gasteiger partial charge in [0.1, 0.15) is 0 Å². The summed E-state index contributed by atoms with van der Waals surface area (Å²) in [6, 6.07) is 7.26. The van der Waals surface area contributed by atoms with Crippen LogP contribution in [0, 0.1) is 24.7 Å². The van der Waals surface area contributed by atoms with Crippen LogP contribution in [-0.2, 0) is 0 Å². The van der Waals surface area contributed by atoms with Gasteiger partial charge < -0.3 is 0 Å². The third kappa shape index (κ3) is 3.56. The standard InChI is InChI=1S/C43H36/c1-23-14-28-6-9-34-27(5)21-39(38-11-8-29(15-23)40(28)43(34)38)32-18-25(3)17-31(22-32)36-13-12-35-26(4)20-33-19-24(2)16-30-7-10-37(36)42(35)41(30)33/h6-18,20-22,27,40,42H,19H2,1-5H3. The van der Waals surface area contributed by atoms with Crippen LogP contribution in [0.15, 0.2) is 170 Å². The molecule has 208 valence electrons. The second kappa shape index (κ2) is 8.80. The highest BCUT2D eigenvalue weighted by molar-refractivity contribution is 5.93. The Bertz CT molecular complexity index is 2060. The number of benzene rings is 1. The van der Waals surface area contributed by atoms with Crippen molar-refractivity contribution in [3.8, 4) is 0 Å². The molecule has 0 saturated carbocycles. The lowest BCUT2D eigenvalue weighted by Crippen LogP contribution is -2.25. The summed E-state index contributed by atoms with van der Waals surface area (Å²) < 4.78 is 0. The smallest absolute Gasteiger partial charge is 0.0357 e. The fourth-order valence-electron chi connectivity index (χ4n) is 8.90. The third-order valence-electron chi connectivity index (χ3n) is 10.6. The van der Waals surface area contributed by atoms with Gasteiger partial charge in [-0.1, -0.05) is 109 Å². The molecule has 0 nitrogen and oxygen atoms in total. The van der Waals surface area contributed by atoms with Crippen LogP contribution in [0.5, 0.6) is 0 Å². The first-order valence-corrected chi connectivity index (χ1v) is 15.9. The molecule has 1 aromatic rings. The van der Waals surface area contributed by atoms with E-state index in [9.17, 15) is 0 Å². The SMILES string of the molecule is CC1=CC2=CC=C3C(c4cc(C)cc(C5=CC=C6C(C)=CC7=C8C(=CC=C5C68)C=C(C)C7)c4)=CC(C)C4=C3C2C(=C1)C=C4. The quantitative estimate of drug-likeness (QED) is 0.342. The highest BCUT2D eigenvalue weighted by Gasteiger charge is 2.39. The lowest BCUT2D eigenvalue weighted by Gasteiger charge is -2.40. The van der Waals surface area contributed by atoms with Crippen LogP contribution in [0.25, 0.3) is 11.1 Å². The van der Waals surface area contributed by atoms with Gasteiger partial charge in [0, 0.05) is 17.8 Å². The summed E-state index contributed by atoms with van der Waals surface area (Å²) >= 11 is 0. The van der Waals surface area contributed by atoms with E-state index in [1.54, 1.807) is 0 Å². The van der Waals surface area contributed by atoms with Crippen molar-refractivity contribution in [1.82, 2.24) is 0 Å². The molecule has 0 fully saturated rings. The molecule has 1 aromatic carbocycles. The molecule has 0 aliphatic heterocycles. The molecule has 0 heterocycles. The van der Waals surface area contributed by atoms with Crippen molar-refractivity contribution in [2.24, 2.45) is 17.8 Å². The Morgan fingerprint density at radius 2 is 1.42 bits per heavy atom. The van der Waals surface area contributed by atoms with Crippen molar-refractivity contribution < 1.29 is 0 Å². The van der Waals surface area contributed by atoms with Gasteiger partial charge in [0.05, 0.1) is 0 Å². The van der Waals surface area contributed by atoms with Crippen molar-refractivity contribution in [2.45, 2.75) is 41.0 Å². The van der Waals surface area contributed by atoms with Gasteiger partial charge >= 0.3 is 0 Å². The van der Waals surface area contributed by atoms with E-state index in [1.807, 2.05) is 0 Å². The summed E-state index contributed by atoms with van der Waals surface area (Å²) in [6.45, 7) is 11.4. The molecule has 0 heteroatoms. The molecular formula is C43H36. The molecule has 0 bridgehead atoms. The van der Waals surface area contributed by atoms with Crippen molar-refractivity contribution in [3.05, 3.63) is 186 Å². The van der Waals surface area contributed by atoms with Gasteiger partial charge in [0.15, 0.2) is 0 Å². The zero-order valence-electron chi connectivity index (χ0n) is 25.7. The van der Waals surface area contributed by atoms with E-state index >= 15 is 0 Å². The zero-order valence-corrected chi connectivity index (χ0v) is 25.7. The molecule has 8 aliphatic carbocycles. The summed E-state index contributed by atoms with van der Waals surface area (Å²) in [5, 5.41) is 0. The fourth-order valence-corrected chi connectivity index (χ4v) is 8.90. The van der Waals surface area contributed by atoms with E-state index in [0.29, 0.717) is 17.8 Å². The molecule has 0 radical (unpaired) electrons. The molecule has 0 spiro atoms. The van der Waals surface area contributed by atoms with E-state index in [1.165, 1.54) is 100 Å². The van der Waals surface area contributed by atoms with E-state index in [2.05, 4.69) is 132 Å². The lowest BCUT2D eigenvalue weighted by molar-refractivity contribution is 0.775. The predicted octanol–water partition coefficient (Wildman–Crippen LogP) is 10.7. The molecule has 8 aliphatic rings. The number of hydrogen-bond donors (Lipinski definition) is 0. The zero-order chi connectivity index (χ0) is 29.1. The van der Waals surface area contributed by atoms with Crippen LogP contribution in [0.2, 0.25) is 0 Å².